The van der Waals surface area contributed by atoms with Gasteiger partial charge < -0.3 is 10.3 Å². The molecule has 0 unspecified atom stereocenters. The molecule has 0 bridgehead atoms. The van der Waals surface area contributed by atoms with E-state index in [1.165, 1.54) is 33.8 Å². The summed E-state index contributed by atoms with van der Waals surface area (Å²) in [5.41, 5.74) is 7.39. The molecule has 3 aromatic heterocycles. The lowest BCUT2D eigenvalue weighted by Gasteiger charge is -2.09. The standard InChI is InChI=1S/C24H17F3N6O/c1-14-10-15(23(28)34)7-8-18(14)33-20-6-2-5-19(21(20)22(31-33)24(25,26)27)32-12-17(30-13-32)16-4-3-9-29-11-16/h2-13H,1H3,(H2,28,34). The van der Waals surface area contributed by atoms with Gasteiger partial charge in [-0.05, 0) is 55.0 Å². The molecular formula is C24H17F3N6O. The van der Waals surface area contributed by atoms with Crippen molar-refractivity contribution in [3.63, 3.8) is 0 Å². The summed E-state index contributed by atoms with van der Waals surface area (Å²) >= 11 is 0. The van der Waals surface area contributed by atoms with Gasteiger partial charge in [-0.2, -0.15) is 18.3 Å². The second-order valence-electron chi connectivity index (χ2n) is 7.70. The zero-order chi connectivity index (χ0) is 24.0. The van der Waals surface area contributed by atoms with Crippen LogP contribution in [0.15, 0.2) is 73.4 Å². The SMILES string of the molecule is Cc1cc(C(N)=O)ccc1-n1nc(C(F)(F)F)c2c(-n3cnc(-c4cccnc4)c3)cccc21. The largest absolute Gasteiger partial charge is 0.435 e. The Morgan fingerprint density at radius 1 is 1.06 bits per heavy atom. The molecule has 2 N–H and O–H groups in total. The van der Waals surface area contributed by atoms with Crippen LogP contribution in [0.1, 0.15) is 21.6 Å². The molecule has 0 aliphatic heterocycles. The van der Waals surface area contributed by atoms with Crippen molar-refractivity contribution in [2.45, 2.75) is 13.1 Å². The summed E-state index contributed by atoms with van der Waals surface area (Å²) in [5.74, 6) is -0.622. The van der Waals surface area contributed by atoms with Gasteiger partial charge in [0.1, 0.15) is 0 Å². The Labute approximate surface area is 191 Å². The van der Waals surface area contributed by atoms with E-state index in [1.54, 1.807) is 49.8 Å². The first kappa shape index (κ1) is 21.4. The van der Waals surface area contributed by atoms with E-state index < -0.39 is 17.8 Å². The number of aryl methyl sites for hydroxylation is 1. The highest BCUT2D eigenvalue weighted by Crippen LogP contribution is 2.38. The van der Waals surface area contributed by atoms with Crippen LogP contribution in [0, 0.1) is 6.92 Å². The van der Waals surface area contributed by atoms with Crippen molar-refractivity contribution in [2.75, 3.05) is 0 Å². The van der Waals surface area contributed by atoms with Crippen molar-refractivity contribution in [3.8, 4) is 22.6 Å². The maximum atomic E-state index is 14.1. The lowest BCUT2D eigenvalue weighted by molar-refractivity contribution is -0.140. The molecule has 0 aliphatic carbocycles. The number of carbonyl (C=O) groups is 1. The molecule has 3 heterocycles. The fourth-order valence-corrected chi connectivity index (χ4v) is 3.91. The van der Waals surface area contributed by atoms with Crippen LogP contribution in [0.25, 0.3) is 33.5 Å². The van der Waals surface area contributed by atoms with E-state index in [9.17, 15) is 18.0 Å². The minimum absolute atomic E-state index is 0.0662. The van der Waals surface area contributed by atoms with Gasteiger partial charge in [-0.25, -0.2) is 9.67 Å². The molecule has 5 rings (SSSR count). The maximum Gasteiger partial charge on any atom is 0.435 e. The Balaban J connectivity index is 1.73. The maximum absolute atomic E-state index is 14.1. The summed E-state index contributed by atoms with van der Waals surface area (Å²) in [6, 6.07) is 12.9. The number of nitrogens with two attached hydrogens (primary N) is 1. The van der Waals surface area contributed by atoms with Crippen LogP contribution in [-0.2, 0) is 6.18 Å². The molecule has 0 radical (unpaired) electrons. The number of carbonyl (C=O) groups excluding carboxylic acids is 1. The number of nitrogens with zero attached hydrogens (tertiary/aromatic N) is 5. The van der Waals surface area contributed by atoms with Crippen molar-refractivity contribution in [1.82, 2.24) is 24.3 Å². The molecule has 2 aromatic carbocycles. The van der Waals surface area contributed by atoms with E-state index in [4.69, 9.17) is 5.73 Å². The van der Waals surface area contributed by atoms with Gasteiger partial charge in [0.15, 0.2) is 5.69 Å². The zero-order valence-corrected chi connectivity index (χ0v) is 17.8. The molecule has 0 saturated carbocycles. The first-order valence-electron chi connectivity index (χ1n) is 10.2. The van der Waals surface area contributed by atoms with Crippen molar-refractivity contribution in [3.05, 3.63) is 90.3 Å². The number of imidazole rings is 1. The predicted octanol–water partition coefficient (Wildman–Crippen LogP) is 4.70. The third-order valence-electron chi connectivity index (χ3n) is 5.48. The van der Waals surface area contributed by atoms with Crippen molar-refractivity contribution in [2.24, 2.45) is 5.73 Å². The van der Waals surface area contributed by atoms with Gasteiger partial charge in [-0.15, -0.1) is 0 Å². The number of alkyl halides is 3. The number of amides is 1. The Bertz CT molecular complexity index is 1540. The fourth-order valence-electron chi connectivity index (χ4n) is 3.91. The van der Waals surface area contributed by atoms with Gasteiger partial charge in [-0.1, -0.05) is 6.07 Å². The number of hydrogen-bond donors (Lipinski definition) is 1. The summed E-state index contributed by atoms with van der Waals surface area (Å²) in [6.45, 7) is 1.68. The molecule has 0 saturated heterocycles. The highest BCUT2D eigenvalue weighted by molar-refractivity contribution is 5.94. The smallest absolute Gasteiger partial charge is 0.366 e. The summed E-state index contributed by atoms with van der Waals surface area (Å²) in [6.07, 6.45) is 1.67. The highest BCUT2D eigenvalue weighted by Gasteiger charge is 2.38. The van der Waals surface area contributed by atoms with E-state index in [0.29, 0.717) is 16.9 Å². The van der Waals surface area contributed by atoms with Crippen LogP contribution in [0.2, 0.25) is 0 Å². The van der Waals surface area contributed by atoms with Crippen LogP contribution in [-0.4, -0.2) is 30.2 Å². The van der Waals surface area contributed by atoms with E-state index in [1.807, 2.05) is 6.07 Å². The third-order valence-corrected chi connectivity index (χ3v) is 5.48. The molecule has 5 aromatic rings. The van der Waals surface area contributed by atoms with Gasteiger partial charge in [-0.3, -0.25) is 9.78 Å². The number of pyridine rings is 1. The lowest BCUT2D eigenvalue weighted by Crippen LogP contribution is -2.12. The number of fused-ring (bicyclic) bond motifs is 1. The molecule has 0 aliphatic rings. The minimum atomic E-state index is -4.70. The van der Waals surface area contributed by atoms with Gasteiger partial charge in [0.2, 0.25) is 5.91 Å². The third kappa shape index (κ3) is 3.58. The number of rotatable bonds is 4. The first-order chi connectivity index (χ1) is 16.2. The van der Waals surface area contributed by atoms with Crippen molar-refractivity contribution in [1.29, 1.82) is 0 Å². The Kier molecular flexibility index (Phi) is 4.93. The number of hydrogen-bond acceptors (Lipinski definition) is 4. The molecular weight excluding hydrogens is 445 g/mol. The Hall–Kier alpha value is -4.47. The van der Waals surface area contributed by atoms with Crippen LogP contribution < -0.4 is 5.73 Å². The summed E-state index contributed by atoms with van der Waals surface area (Å²) in [5, 5.41) is 3.88. The first-order valence-corrected chi connectivity index (χ1v) is 10.2. The van der Waals surface area contributed by atoms with Crippen LogP contribution in [0.4, 0.5) is 13.2 Å². The van der Waals surface area contributed by atoms with E-state index in [2.05, 4.69) is 15.1 Å². The summed E-state index contributed by atoms with van der Waals surface area (Å²) < 4.78 is 45.1. The molecule has 1 amide bonds. The van der Waals surface area contributed by atoms with E-state index in [0.717, 1.165) is 5.56 Å². The molecule has 10 heteroatoms. The average Bonchev–Trinajstić information content (AvgIpc) is 3.45. The summed E-state index contributed by atoms with van der Waals surface area (Å²) in [7, 11) is 0. The number of halogens is 3. The molecule has 170 valence electrons. The van der Waals surface area contributed by atoms with Crippen LogP contribution in [0.3, 0.4) is 0 Å². The second-order valence-corrected chi connectivity index (χ2v) is 7.70. The molecule has 0 fully saturated rings. The Morgan fingerprint density at radius 3 is 2.56 bits per heavy atom. The number of aromatic nitrogens is 5. The molecule has 0 spiro atoms. The second kappa shape index (κ2) is 7.84. The summed E-state index contributed by atoms with van der Waals surface area (Å²) in [4.78, 5) is 19.9. The number of benzene rings is 2. The number of primary amides is 1. The van der Waals surface area contributed by atoms with E-state index in [-0.39, 0.29) is 22.2 Å². The van der Waals surface area contributed by atoms with Crippen molar-refractivity contribution >= 4 is 16.8 Å². The normalized spacial score (nSPS) is 11.8. The van der Waals surface area contributed by atoms with Crippen LogP contribution >= 0.6 is 0 Å². The predicted molar refractivity (Wildman–Crippen MR) is 120 cm³/mol. The van der Waals surface area contributed by atoms with Gasteiger partial charge in [0.25, 0.3) is 0 Å². The van der Waals surface area contributed by atoms with Crippen molar-refractivity contribution < 1.29 is 18.0 Å². The fraction of sp³-hybridized carbons (Fsp3) is 0.0833. The highest BCUT2D eigenvalue weighted by atomic mass is 19.4. The monoisotopic (exact) mass is 462 g/mol. The van der Waals surface area contributed by atoms with Gasteiger partial charge in [0, 0.05) is 29.7 Å². The zero-order valence-electron chi connectivity index (χ0n) is 17.8. The van der Waals surface area contributed by atoms with Crippen LogP contribution in [0.5, 0.6) is 0 Å². The molecule has 7 nitrogen and oxygen atoms in total. The topological polar surface area (TPSA) is 91.6 Å². The minimum Gasteiger partial charge on any atom is -0.366 e. The lowest BCUT2D eigenvalue weighted by atomic mass is 10.1. The quantitative estimate of drug-likeness (QED) is 0.419. The average molecular weight is 462 g/mol. The van der Waals surface area contributed by atoms with Gasteiger partial charge >= 0.3 is 6.18 Å². The van der Waals surface area contributed by atoms with Gasteiger partial charge in [0.05, 0.1) is 34.3 Å². The Morgan fingerprint density at radius 2 is 1.88 bits per heavy atom. The molecule has 34 heavy (non-hydrogen) atoms. The van der Waals surface area contributed by atoms with E-state index >= 15 is 0 Å². The molecule has 0 atom stereocenters.